The molecule has 0 bridgehead atoms. The largest absolute Gasteiger partial charge is 0.472 e. The number of phosphoric acid groups is 2. The normalized spacial score (nSPS) is 14.2. The van der Waals surface area contributed by atoms with Crippen molar-refractivity contribution in [1.82, 2.24) is 0 Å². The van der Waals surface area contributed by atoms with Gasteiger partial charge in [0.1, 0.15) is 19.3 Å². The molecule has 0 amide bonds. The molecule has 0 aromatic rings. The second-order valence-electron chi connectivity index (χ2n) is 24.8. The van der Waals surface area contributed by atoms with Crippen molar-refractivity contribution in [3.05, 3.63) is 0 Å². The summed E-state index contributed by atoms with van der Waals surface area (Å²) in [6, 6.07) is 0. The molecule has 19 heteroatoms. The highest BCUT2D eigenvalue weighted by molar-refractivity contribution is 7.47. The Balaban J connectivity index is 5.24. The van der Waals surface area contributed by atoms with E-state index >= 15 is 0 Å². The number of aliphatic hydroxyl groups excluding tert-OH is 1. The van der Waals surface area contributed by atoms with Crippen molar-refractivity contribution >= 4 is 39.5 Å². The first-order valence-corrected chi connectivity index (χ1v) is 37.5. The Morgan fingerprint density at radius 1 is 0.318 bits per heavy atom. The number of phosphoric ester groups is 2. The third-order valence-corrected chi connectivity index (χ3v) is 17.1. The lowest BCUT2D eigenvalue weighted by Gasteiger charge is -2.21. The first kappa shape index (κ1) is 83.1. The van der Waals surface area contributed by atoms with Gasteiger partial charge in [-0.3, -0.25) is 37.3 Å². The van der Waals surface area contributed by atoms with Crippen LogP contribution in [0.2, 0.25) is 0 Å². The number of carbonyl (C=O) groups excluding carboxylic acids is 4. The van der Waals surface area contributed by atoms with Gasteiger partial charge in [0.2, 0.25) is 0 Å². The van der Waals surface area contributed by atoms with Crippen molar-refractivity contribution in [1.29, 1.82) is 0 Å². The van der Waals surface area contributed by atoms with E-state index in [4.69, 9.17) is 37.0 Å². The Kier molecular flexibility index (Phi) is 57.1. The Bertz CT molecular complexity index is 1670. The smallest absolute Gasteiger partial charge is 0.462 e. The summed E-state index contributed by atoms with van der Waals surface area (Å²) in [4.78, 5) is 72.3. The fourth-order valence-electron chi connectivity index (χ4n) is 9.88. The van der Waals surface area contributed by atoms with E-state index in [0.717, 1.165) is 95.8 Å². The van der Waals surface area contributed by atoms with Gasteiger partial charge in [-0.1, -0.05) is 279 Å². The second kappa shape index (κ2) is 58.4. The molecule has 504 valence electrons. The number of rotatable bonds is 65. The predicted octanol–water partition coefficient (Wildman–Crippen LogP) is 18.4. The number of hydrogen-bond acceptors (Lipinski definition) is 15. The molecule has 85 heavy (non-hydrogen) atoms. The minimum absolute atomic E-state index is 0.103. The van der Waals surface area contributed by atoms with E-state index in [9.17, 15) is 43.2 Å². The highest BCUT2D eigenvalue weighted by Crippen LogP contribution is 2.45. The average molecular weight is 1260 g/mol. The van der Waals surface area contributed by atoms with Crippen LogP contribution < -0.4 is 0 Å². The summed E-state index contributed by atoms with van der Waals surface area (Å²) in [7, 11) is -9.89. The number of ether oxygens (including phenoxy) is 4. The van der Waals surface area contributed by atoms with E-state index in [1.54, 1.807) is 0 Å². The van der Waals surface area contributed by atoms with Gasteiger partial charge in [-0.15, -0.1) is 0 Å². The molecule has 0 rings (SSSR count). The lowest BCUT2D eigenvalue weighted by molar-refractivity contribution is -0.161. The highest BCUT2D eigenvalue weighted by atomic mass is 31.2. The van der Waals surface area contributed by atoms with Gasteiger partial charge in [0.15, 0.2) is 12.2 Å². The molecule has 0 saturated carbocycles. The molecule has 0 spiro atoms. The van der Waals surface area contributed by atoms with Crippen LogP contribution in [0.5, 0.6) is 0 Å². The Labute approximate surface area is 517 Å². The number of carbonyl (C=O) groups is 4. The van der Waals surface area contributed by atoms with Crippen LogP contribution in [0, 0.1) is 11.8 Å². The molecule has 3 N–H and O–H groups in total. The van der Waals surface area contributed by atoms with E-state index in [1.165, 1.54) is 148 Å². The monoisotopic (exact) mass is 1250 g/mol. The Morgan fingerprint density at radius 3 is 0.800 bits per heavy atom. The minimum atomic E-state index is -4.95. The van der Waals surface area contributed by atoms with E-state index in [-0.39, 0.29) is 25.7 Å². The SMILES string of the molecule is CCCCCCCCCCCCCCCCC(=O)O[C@H](COC(=O)CCCCCCCCCCC(C)C)COP(=O)(O)OC[C@@H](O)COP(=O)(O)OC[C@@H](COC(=O)CCCCCCCCCCCC)OC(=O)CCCCCCCCCC(C)C. The number of hydrogen-bond donors (Lipinski definition) is 3. The van der Waals surface area contributed by atoms with Crippen LogP contribution in [0.3, 0.4) is 0 Å². The van der Waals surface area contributed by atoms with Gasteiger partial charge < -0.3 is 33.8 Å². The summed E-state index contributed by atoms with van der Waals surface area (Å²) in [6.45, 7) is 9.41. The van der Waals surface area contributed by atoms with Gasteiger partial charge in [-0.05, 0) is 37.5 Å². The Morgan fingerprint density at radius 2 is 0.541 bits per heavy atom. The molecule has 0 aliphatic heterocycles. The summed E-state index contributed by atoms with van der Waals surface area (Å²) in [5.74, 6) is -0.710. The quantitative estimate of drug-likeness (QED) is 0.0222. The van der Waals surface area contributed by atoms with Gasteiger partial charge in [0.25, 0.3) is 0 Å². The van der Waals surface area contributed by atoms with Crippen molar-refractivity contribution < 1.29 is 80.2 Å². The van der Waals surface area contributed by atoms with E-state index in [0.29, 0.717) is 31.6 Å². The maximum Gasteiger partial charge on any atom is 0.472 e. The molecule has 2 unspecified atom stereocenters. The van der Waals surface area contributed by atoms with Gasteiger partial charge in [-0.25, -0.2) is 9.13 Å². The van der Waals surface area contributed by atoms with Crippen LogP contribution >= 0.6 is 15.6 Å². The zero-order chi connectivity index (χ0) is 62.9. The molecular weight excluding hydrogens is 1130 g/mol. The molecule has 0 aliphatic carbocycles. The predicted molar refractivity (Wildman–Crippen MR) is 340 cm³/mol. The van der Waals surface area contributed by atoms with Gasteiger partial charge >= 0.3 is 39.5 Å². The number of esters is 4. The van der Waals surface area contributed by atoms with E-state index < -0.39 is 97.5 Å². The van der Waals surface area contributed by atoms with Crippen LogP contribution in [0.4, 0.5) is 0 Å². The molecule has 0 heterocycles. The van der Waals surface area contributed by atoms with Crippen molar-refractivity contribution in [2.45, 2.75) is 349 Å². The topological polar surface area (TPSA) is 237 Å². The second-order valence-corrected chi connectivity index (χ2v) is 27.7. The fourth-order valence-corrected chi connectivity index (χ4v) is 11.5. The number of unbranched alkanes of at least 4 members (excludes halogenated alkanes) is 35. The van der Waals surface area contributed by atoms with Crippen LogP contribution in [0.25, 0.3) is 0 Å². The molecule has 0 fully saturated rings. The molecular formula is C66H128O17P2. The van der Waals surface area contributed by atoms with Gasteiger partial charge in [-0.2, -0.15) is 0 Å². The van der Waals surface area contributed by atoms with Crippen molar-refractivity contribution in [3.8, 4) is 0 Å². The standard InChI is InChI=1S/C66H128O17P2/c1-7-9-11-13-15-17-19-20-21-22-24-32-38-44-50-65(70)82-61(54-77-64(69)49-43-37-31-26-25-28-34-40-46-58(3)4)56-80-84(72,73)78-52-60(67)53-79-85(74,75)81-57-62(83-66(71)51-45-39-33-27-29-35-41-47-59(5)6)55-76-63(68)48-42-36-30-23-18-16-14-12-10-8-2/h58-62,67H,7-57H2,1-6H3,(H,72,73)(H,74,75)/t60-,61-,62-/m1/s1. The van der Waals surface area contributed by atoms with Crippen molar-refractivity contribution in [2.24, 2.45) is 11.8 Å². The summed E-state index contributed by atoms with van der Waals surface area (Å²) in [5.41, 5.74) is 0. The van der Waals surface area contributed by atoms with Gasteiger partial charge in [0.05, 0.1) is 26.4 Å². The summed E-state index contributed by atoms with van der Waals surface area (Å²) in [6.07, 6.45) is 41.7. The first-order valence-electron chi connectivity index (χ1n) is 34.5. The van der Waals surface area contributed by atoms with Crippen LogP contribution in [0.1, 0.15) is 330 Å². The molecule has 0 saturated heterocycles. The van der Waals surface area contributed by atoms with Crippen LogP contribution in [-0.4, -0.2) is 96.7 Å². The lowest BCUT2D eigenvalue weighted by Crippen LogP contribution is -2.30. The Hall–Kier alpha value is -1.94. The van der Waals surface area contributed by atoms with Crippen molar-refractivity contribution in [3.63, 3.8) is 0 Å². The summed E-state index contributed by atoms with van der Waals surface area (Å²) < 4.78 is 68.1. The van der Waals surface area contributed by atoms with E-state index in [2.05, 4.69) is 41.5 Å². The molecule has 17 nitrogen and oxygen atoms in total. The minimum Gasteiger partial charge on any atom is -0.462 e. The molecule has 0 aromatic carbocycles. The molecule has 0 aromatic heterocycles. The summed E-state index contributed by atoms with van der Waals surface area (Å²) >= 11 is 0. The first-order chi connectivity index (χ1) is 40.9. The zero-order valence-electron chi connectivity index (χ0n) is 54.9. The van der Waals surface area contributed by atoms with E-state index in [1.807, 2.05) is 0 Å². The maximum atomic E-state index is 13.0. The van der Waals surface area contributed by atoms with Crippen molar-refractivity contribution in [2.75, 3.05) is 39.6 Å². The van der Waals surface area contributed by atoms with Crippen LogP contribution in [0.15, 0.2) is 0 Å². The third-order valence-electron chi connectivity index (χ3n) is 15.2. The molecule has 5 atom stereocenters. The number of aliphatic hydroxyl groups is 1. The van der Waals surface area contributed by atoms with Gasteiger partial charge in [0, 0.05) is 25.7 Å². The lowest BCUT2D eigenvalue weighted by atomic mass is 10.0. The fraction of sp³-hybridized carbons (Fsp3) is 0.939. The van der Waals surface area contributed by atoms with Crippen LogP contribution in [-0.2, 0) is 65.4 Å². The summed E-state index contributed by atoms with van der Waals surface area (Å²) in [5, 5.41) is 10.5. The molecule has 0 aliphatic rings. The zero-order valence-corrected chi connectivity index (χ0v) is 56.7. The third kappa shape index (κ3) is 60.7. The maximum absolute atomic E-state index is 13.0. The average Bonchev–Trinajstić information content (AvgIpc) is 3.58. The highest BCUT2D eigenvalue weighted by Gasteiger charge is 2.30. The molecule has 0 radical (unpaired) electrons.